The number of ether oxygens (including phenoxy) is 3. The lowest BCUT2D eigenvalue weighted by Gasteiger charge is -2.15. The van der Waals surface area contributed by atoms with Crippen LogP contribution in [0.5, 0.6) is 11.5 Å². The van der Waals surface area contributed by atoms with Crippen molar-refractivity contribution in [2.75, 3.05) is 27.3 Å². The number of para-hydroxylation sites is 1. The van der Waals surface area contributed by atoms with E-state index >= 15 is 0 Å². The quantitative estimate of drug-likeness (QED) is 0.347. The average Bonchev–Trinajstić information content (AvgIpc) is 2.72. The number of esters is 2. The van der Waals surface area contributed by atoms with Crippen molar-refractivity contribution in [3.05, 3.63) is 78.0 Å². The van der Waals surface area contributed by atoms with Gasteiger partial charge in [0.2, 0.25) is 0 Å². The molecular weight excluding hydrogens is 382 g/mol. The smallest absolute Gasteiger partial charge is 0.354 e. The topological polar surface area (TPSA) is 65.1 Å². The summed E-state index contributed by atoms with van der Waals surface area (Å²) >= 11 is 0. The first-order valence-corrected chi connectivity index (χ1v) is 9.73. The maximum Gasteiger partial charge on any atom is 0.354 e. The summed E-state index contributed by atoms with van der Waals surface area (Å²) < 4.78 is 16.2. The second-order valence-electron chi connectivity index (χ2n) is 6.41. The molecule has 0 saturated heterocycles. The molecule has 0 spiro atoms. The fourth-order valence-electron chi connectivity index (χ4n) is 2.61. The van der Waals surface area contributed by atoms with Crippen molar-refractivity contribution in [3.8, 4) is 11.5 Å². The van der Waals surface area contributed by atoms with E-state index in [1.54, 1.807) is 69.3 Å². The van der Waals surface area contributed by atoms with Crippen molar-refractivity contribution in [3.63, 3.8) is 0 Å². The number of hydrogen-bond acceptors (Lipinski definition) is 6. The summed E-state index contributed by atoms with van der Waals surface area (Å²) in [4.78, 5) is 26.4. The molecule has 0 atom stereocenters. The molecule has 0 radical (unpaired) electrons. The van der Waals surface area contributed by atoms with Gasteiger partial charge in [0.25, 0.3) is 0 Å². The molecule has 0 amide bonds. The summed E-state index contributed by atoms with van der Waals surface area (Å²) in [5, 5.41) is 0. The van der Waals surface area contributed by atoms with Crippen molar-refractivity contribution >= 4 is 17.5 Å². The van der Waals surface area contributed by atoms with Crippen LogP contribution in [0.2, 0.25) is 0 Å². The first-order valence-electron chi connectivity index (χ1n) is 9.73. The van der Waals surface area contributed by atoms with Gasteiger partial charge in [0, 0.05) is 14.1 Å². The molecule has 0 N–H and O–H groups in total. The zero-order valence-corrected chi connectivity index (χ0v) is 17.8. The fourth-order valence-corrected chi connectivity index (χ4v) is 2.61. The highest BCUT2D eigenvalue weighted by Gasteiger charge is 2.16. The van der Waals surface area contributed by atoms with Gasteiger partial charge in [-0.2, -0.15) is 0 Å². The Morgan fingerprint density at radius 1 is 0.833 bits per heavy atom. The van der Waals surface area contributed by atoms with E-state index in [1.807, 2.05) is 30.3 Å². The molecule has 0 bridgehead atoms. The predicted molar refractivity (Wildman–Crippen MR) is 116 cm³/mol. The summed E-state index contributed by atoms with van der Waals surface area (Å²) in [6.45, 7) is 3.98. The van der Waals surface area contributed by atoms with Crippen LogP contribution in [0.25, 0.3) is 5.57 Å². The molecule has 0 aliphatic carbocycles. The van der Waals surface area contributed by atoms with Gasteiger partial charge < -0.3 is 19.1 Å². The molecule has 0 aromatic heterocycles. The predicted octanol–water partition coefficient (Wildman–Crippen LogP) is 4.43. The maximum atomic E-state index is 12.6. The second-order valence-corrected chi connectivity index (χ2v) is 6.41. The molecule has 2 aromatic rings. The summed E-state index contributed by atoms with van der Waals surface area (Å²) in [5.41, 5.74) is 1.23. The molecule has 30 heavy (non-hydrogen) atoms. The molecule has 2 aromatic carbocycles. The van der Waals surface area contributed by atoms with E-state index in [0.29, 0.717) is 28.3 Å². The molecule has 0 aliphatic rings. The average molecular weight is 409 g/mol. The molecule has 0 unspecified atom stereocenters. The first kappa shape index (κ1) is 22.7. The molecule has 0 saturated carbocycles. The Labute approximate surface area is 177 Å². The summed E-state index contributed by atoms with van der Waals surface area (Å²) in [6, 6.07) is 16.5. The number of allylic oxidation sites excluding steroid dienone is 2. The van der Waals surface area contributed by atoms with E-state index in [9.17, 15) is 9.59 Å². The minimum Gasteiger partial charge on any atom is -0.462 e. The third kappa shape index (κ3) is 6.51. The van der Waals surface area contributed by atoms with Crippen LogP contribution in [0, 0.1) is 0 Å². The van der Waals surface area contributed by atoms with Gasteiger partial charge in [-0.15, -0.1) is 0 Å². The second kappa shape index (κ2) is 11.5. The van der Waals surface area contributed by atoms with Crippen LogP contribution in [0.1, 0.15) is 19.4 Å². The number of likely N-dealkylation sites (N-methyl/N-ethyl adjacent to an activating group) is 1. The fraction of sp³-hybridized carbons (Fsp3) is 0.250. The van der Waals surface area contributed by atoms with Crippen molar-refractivity contribution in [2.45, 2.75) is 13.8 Å². The van der Waals surface area contributed by atoms with Gasteiger partial charge in [-0.1, -0.05) is 30.3 Å². The highest BCUT2D eigenvalue weighted by atomic mass is 16.5. The lowest BCUT2D eigenvalue weighted by Crippen LogP contribution is -2.21. The van der Waals surface area contributed by atoms with Gasteiger partial charge in [-0.05, 0) is 55.8 Å². The largest absolute Gasteiger partial charge is 0.462 e. The van der Waals surface area contributed by atoms with Gasteiger partial charge in [-0.25, -0.2) is 9.59 Å². The number of benzene rings is 2. The van der Waals surface area contributed by atoms with Crippen LogP contribution in [0.15, 0.2) is 72.4 Å². The molecule has 6 heteroatoms. The molecule has 6 nitrogen and oxygen atoms in total. The summed E-state index contributed by atoms with van der Waals surface area (Å²) in [5.74, 6) is 0.306. The van der Waals surface area contributed by atoms with Gasteiger partial charge in [0.05, 0.1) is 18.8 Å². The molecule has 158 valence electrons. The zero-order chi connectivity index (χ0) is 21.9. The lowest BCUT2D eigenvalue weighted by molar-refractivity contribution is -0.140. The van der Waals surface area contributed by atoms with Crippen LogP contribution in [0.4, 0.5) is 0 Å². The van der Waals surface area contributed by atoms with Crippen molar-refractivity contribution < 1.29 is 23.8 Å². The monoisotopic (exact) mass is 409 g/mol. The highest BCUT2D eigenvalue weighted by Crippen LogP contribution is 2.26. The van der Waals surface area contributed by atoms with Crippen molar-refractivity contribution in [2.24, 2.45) is 0 Å². The third-order valence-corrected chi connectivity index (χ3v) is 3.99. The van der Waals surface area contributed by atoms with Crippen molar-refractivity contribution in [1.82, 2.24) is 4.90 Å². The van der Waals surface area contributed by atoms with Crippen molar-refractivity contribution in [1.29, 1.82) is 0 Å². The lowest BCUT2D eigenvalue weighted by atomic mass is 10.0. The van der Waals surface area contributed by atoms with E-state index in [-0.39, 0.29) is 13.2 Å². The Bertz CT molecular complexity index is 916. The SMILES string of the molecule is CCOC(=O)/C(=C/C=C(/C(=O)OCC)c1cccc(Oc2ccccc2)c1)N(C)C. The standard InChI is InChI=1S/C24H27NO5/c1-5-28-23(26)21(15-16-22(25(3)4)24(27)29-6-2)18-11-10-14-20(17-18)30-19-12-8-7-9-13-19/h7-17H,5-6H2,1-4H3/b21-15+,22-16-. The number of rotatable bonds is 9. The number of hydrogen-bond donors (Lipinski definition) is 0. The zero-order valence-electron chi connectivity index (χ0n) is 17.8. The Morgan fingerprint density at radius 2 is 1.47 bits per heavy atom. The Morgan fingerprint density at radius 3 is 2.10 bits per heavy atom. The van der Waals surface area contributed by atoms with Gasteiger partial charge >= 0.3 is 11.9 Å². The number of carbonyl (C=O) groups excluding carboxylic acids is 2. The van der Waals surface area contributed by atoms with Crippen LogP contribution >= 0.6 is 0 Å². The molecule has 0 aliphatic heterocycles. The third-order valence-electron chi connectivity index (χ3n) is 3.99. The Hall–Kier alpha value is -3.54. The van der Waals surface area contributed by atoms with Crippen LogP contribution < -0.4 is 4.74 Å². The van der Waals surface area contributed by atoms with Gasteiger partial charge in [0.15, 0.2) is 0 Å². The van der Waals surface area contributed by atoms with Crippen LogP contribution in [0.3, 0.4) is 0 Å². The Balaban J connectivity index is 2.42. The number of nitrogens with zero attached hydrogens (tertiary/aromatic N) is 1. The van der Waals surface area contributed by atoms with E-state index < -0.39 is 11.9 Å². The van der Waals surface area contributed by atoms with E-state index in [4.69, 9.17) is 14.2 Å². The summed E-state index contributed by atoms with van der Waals surface area (Å²) in [6.07, 6.45) is 3.11. The molecule has 2 rings (SSSR count). The highest BCUT2D eigenvalue weighted by molar-refractivity contribution is 6.17. The van der Waals surface area contributed by atoms with Gasteiger partial charge in [0.1, 0.15) is 17.2 Å². The van der Waals surface area contributed by atoms with E-state index in [0.717, 1.165) is 0 Å². The minimum absolute atomic E-state index is 0.235. The Kier molecular flexibility index (Phi) is 8.69. The molecular formula is C24H27NO5. The van der Waals surface area contributed by atoms with Gasteiger partial charge in [-0.3, -0.25) is 0 Å². The normalized spacial score (nSPS) is 11.6. The minimum atomic E-state index is -0.493. The van der Waals surface area contributed by atoms with E-state index in [1.165, 1.54) is 0 Å². The first-order chi connectivity index (χ1) is 14.5. The molecule has 0 heterocycles. The molecule has 0 fully saturated rings. The number of carbonyl (C=O) groups is 2. The van der Waals surface area contributed by atoms with Crippen LogP contribution in [-0.2, 0) is 19.1 Å². The van der Waals surface area contributed by atoms with E-state index in [2.05, 4.69) is 0 Å². The maximum absolute atomic E-state index is 12.6. The summed E-state index contributed by atoms with van der Waals surface area (Å²) in [7, 11) is 3.46. The van der Waals surface area contributed by atoms with Crippen LogP contribution in [-0.4, -0.2) is 44.1 Å².